The molecule has 0 radical (unpaired) electrons. The van der Waals surface area contributed by atoms with E-state index < -0.39 is 5.97 Å². The van der Waals surface area contributed by atoms with Crippen molar-refractivity contribution in [2.75, 3.05) is 11.9 Å². The molecule has 19 heavy (non-hydrogen) atoms. The van der Waals surface area contributed by atoms with Gasteiger partial charge in [-0.3, -0.25) is 9.78 Å². The van der Waals surface area contributed by atoms with E-state index in [4.69, 9.17) is 5.11 Å². The summed E-state index contributed by atoms with van der Waals surface area (Å²) in [6.45, 7) is 4.10. The molecule has 0 aliphatic rings. The minimum atomic E-state index is -0.850. The van der Waals surface area contributed by atoms with Gasteiger partial charge in [-0.2, -0.15) is 0 Å². The Morgan fingerprint density at radius 1 is 1.42 bits per heavy atom. The number of carboxylic acid groups (broad SMARTS) is 1. The third-order valence-electron chi connectivity index (χ3n) is 2.76. The second-order valence-electron chi connectivity index (χ2n) is 4.40. The molecule has 0 aromatic carbocycles. The van der Waals surface area contributed by atoms with Crippen LogP contribution in [0, 0.1) is 12.8 Å². The average Bonchev–Trinajstić information content (AvgIpc) is 2.37. The highest BCUT2D eigenvalue weighted by atomic mass is 16.4. The van der Waals surface area contributed by atoms with E-state index in [1.165, 1.54) is 0 Å². The summed E-state index contributed by atoms with van der Waals surface area (Å²) in [5.41, 5.74) is 1.48. The first-order valence-electron chi connectivity index (χ1n) is 6.20. The Morgan fingerprint density at radius 2 is 2.16 bits per heavy atom. The van der Waals surface area contributed by atoms with Crippen LogP contribution in [0.2, 0.25) is 0 Å². The summed E-state index contributed by atoms with van der Waals surface area (Å²) in [5.74, 6) is -0.906. The third-order valence-corrected chi connectivity index (χ3v) is 2.76. The van der Waals surface area contributed by atoms with Crippen molar-refractivity contribution in [3.63, 3.8) is 0 Å². The molecule has 0 saturated heterocycles. The molecule has 3 N–H and O–H groups in total. The van der Waals surface area contributed by atoms with Crippen molar-refractivity contribution in [1.82, 2.24) is 10.3 Å². The number of amides is 2. The van der Waals surface area contributed by atoms with Crippen molar-refractivity contribution in [1.29, 1.82) is 0 Å². The van der Waals surface area contributed by atoms with Gasteiger partial charge in [0.1, 0.15) is 0 Å². The monoisotopic (exact) mass is 265 g/mol. The van der Waals surface area contributed by atoms with Crippen LogP contribution in [0.5, 0.6) is 0 Å². The van der Waals surface area contributed by atoms with Gasteiger partial charge in [0, 0.05) is 18.7 Å². The predicted octanol–water partition coefficient (Wildman–Crippen LogP) is 2.01. The normalized spacial score (nSPS) is 11.7. The molecule has 1 aromatic rings. The van der Waals surface area contributed by atoms with Gasteiger partial charge in [-0.05, 0) is 25.0 Å². The Bertz CT molecular complexity index is 431. The van der Waals surface area contributed by atoms with Crippen LogP contribution in [0.3, 0.4) is 0 Å². The number of nitrogens with zero attached hydrogens (tertiary/aromatic N) is 1. The van der Waals surface area contributed by atoms with Gasteiger partial charge in [-0.1, -0.05) is 13.3 Å². The van der Waals surface area contributed by atoms with Gasteiger partial charge in [0.2, 0.25) is 0 Å². The molecule has 0 saturated carbocycles. The molecule has 6 heteroatoms. The number of aliphatic carboxylic acids is 1. The minimum absolute atomic E-state index is 0.0561. The summed E-state index contributed by atoms with van der Waals surface area (Å²) < 4.78 is 0. The number of carbonyl (C=O) groups excluding carboxylic acids is 1. The molecule has 1 heterocycles. The highest BCUT2D eigenvalue weighted by Crippen LogP contribution is 2.07. The van der Waals surface area contributed by atoms with E-state index in [1.54, 1.807) is 18.3 Å². The number of hydrogen-bond donors (Lipinski definition) is 3. The number of aromatic nitrogens is 1. The Balaban J connectivity index is 2.38. The molecule has 104 valence electrons. The van der Waals surface area contributed by atoms with E-state index in [9.17, 15) is 9.59 Å². The Kier molecular flexibility index (Phi) is 5.78. The van der Waals surface area contributed by atoms with E-state index in [0.717, 1.165) is 5.69 Å². The fourth-order valence-corrected chi connectivity index (χ4v) is 1.56. The van der Waals surface area contributed by atoms with E-state index in [0.29, 0.717) is 18.7 Å². The van der Waals surface area contributed by atoms with Crippen molar-refractivity contribution in [3.05, 3.63) is 24.0 Å². The average molecular weight is 265 g/mol. The topological polar surface area (TPSA) is 91.3 Å². The second-order valence-corrected chi connectivity index (χ2v) is 4.40. The molecule has 1 aromatic heterocycles. The van der Waals surface area contributed by atoms with E-state index >= 15 is 0 Å². The Hall–Kier alpha value is -2.11. The number of anilines is 1. The quantitative estimate of drug-likeness (QED) is 0.733. The first-order valence-corrected chi connectivity index (χ1v) is 6.20. The lowest BCUT2D eigenvalue weighted by Crippen LogP contribution is -2.33. The van der Waals surface area contributed by atoms with Gasteiger partial charge in [0.05, 0.1) is 11.9 Å². The summed E-state index contributed by atoms with van der Waals surface area (Å²) >= 11 is 0. The summed E-state index contributed by atoms with van der Waals surface area (Å²) in [7, 11) is 0. The molecule has 0 bridgehead atoms. The maximum absolute atomic E-state index is 11.6. The molecular weight excluding hydrogens is 246 g/mol. The summed E-state index contributed by atoms with van der Waals surface area (Å²) in [6.07, 6.45) is 2.34. The SMILES string of the molecule is CCC(CNC(=O)Nc1ccc(C)nc1)CC(=O)O. The van der Waals surface area contributed by atoms with E-state index in [2.05, 4.69) is 15.6 Å². The van der Waals surface area contributed by atoms with Gasteiger partial charge in [0.25, 0.3) is 0 Å². The molecule has 1 atom stereocenters. The van der Waals surface area contributed by atoms with Crippen LogP contribution in [-0.2, 0) is 4.79 Å². The number of carbonyl (C=O) groups is 2. The molecule has 0 spiro atoms. The van der Waals surface area contributed by atoms with Crippen molar-refractivity contribution in [2.45, 2.75) is 26.7 Å². The largest absolute Gasteiger partial charge is 0.481 e. The van der Waals surface area contributed by atoms with Gasteiger partial charge in [-0.25, -0.2) is 4.79 Å². The first-order chi connectivity index (χ1) is 9.01. The van der Waals surface area contributed by atoms with Crippen LogP contribution in [0.1, 0.15) is 25.5 Å². The second kappa shape index (κ2) is 7.35. The number of aryl methyl sites for hydroxylation is 1. The van der Waals surface area contributed by atoms with Crippen LogP contribution in [0.15, 0.2) is 18.3 Å². The van der Waals surface area contributed by atoms with E-state index in [-0.39, 0.29) is 18.4 Å². The lowest BCUT2D eigenvalue weighted by Gasteiger charge is -2.14. The zero-order chi connectivity index (χ0) is 14.3. The van der Waals surface area contributed by atoms with E-state index in [1.807, 2.05) is 13.8 Å². The molecule has 0 aliphatic heterocycles. The van der Waals surface area contributed by atoms with Crippen LogP contribution in [0.25, 0.3) is 0 Å². The summed E-state index contributed by atoms with van der Waals surface area (Å²) in [4.78, 5) is 26.3. The number of urea groups is 1. The maximum Gasteiger partial charge on any atom is 0.319 e. The van der Waals surface area contributed by atoms with Crippen molar-refractivity contribution < 1.29 is 14.7 Å². The highest BCUT2D eigenvalue weighted by Gasteiger charge is 2.12. The summed E-state index contributed by atoms with van der Waals surface area (Å²) in [5, 5.41) is 14.0. The lowest BCUT2D eigenvalue weighted by atomic mass is 10.0. The van der Waals surface area contributed by atoms with Crippen molar-refractivity contribution in [3.8, 4) is 0 Å². The lowest BCUT2D eigenvalue weighted by molar-refractivity contribution is -0.138. The molecule has 6 nitrogen and oxygen atoms in total. The maximum atomic E-state index is 11.6. The summed E-state index contributed by atoms with van der Waals surface area (Å²) in [6, 6.07) is 3.21. The highest BCUT2D eigenvalue weighted by molar-refractivity contribution is 5.89. The zero-order valence-corrected chi connectivity index (χ0v) is 11.1. The first kappa shape index (κ1) is 14.9. The molecule has 2 amide bonds. The van der Waals surface area contributed by atoms with Crippen LogP contribution in [0.4, 0.5) is 10.5 Å². The van der Waals surface area contributed by atoms with Crippen LogP contribution < -0.4 is 10.6 Å². The van der Waals surface area contributed by atoms with Gasteiger partial charge >= 0.3 is 12.0 Å². The molecule has 0 aliphatic carbocycles. The number of pyridine rings is 1. The standard InChI is InChI=1S/C13H19N3O3/c1-3-10(6-12(17)18)7-15-13(19)16-11-5-4-9(2)14-8-11/h4-5,8,10H,3,6-7H2,1-2H3,(H,17,18)(H2,15,16,19). The molecule has 0 fully saturated rings. The molecular formula is C13H19N3O3. The van der Waals surface area contributed by atoms with Crippen molar-refractivity contribution >= 4 is 17.7 Å². The van der Waals surface area contributed by atoms with Gasteiger partial charge in [0.15, 0.2) is 0 Å². The van der Waals surface area contributed by atoms with Gasteiger partial charge in [-0.15, -0.1) is 0 Å². The molecule has 1 rings (SSSR count). The van der Waals surface area contributed by atoms with Crippen molar-refractivity contribution in [2.24, 2.45) is 5.92 Å². The number of hydrogen-bond acceptors (Lipinski definition) is 3. The third kappa shape index (κ3) is 5.85. The molecule has 1 unspecified atom stereocenters. The van der Waals surface area contributed by atoms with Crippen LogP contribution >= 0.6 is 0 Å². The predicted molar refractivity (Wildman–Crippen MR) is 72.0 cm³/mol. The number of nitrogens with one attached hydrogen (secondary N) is 2. The number of carboxylic acids is 1. The number of rotatable bonds is 6. The fourth-order valence-electron chi connectivity index (χ4n) is 1.56. The smallest absolute Gasteiger partial charge is 0.319 e. The Labute approximate surface area is 112 Å². The van der Waals surface area contributed by atoms with Gasteiger partial charge < -0.3 is 15.7 Å². The zero-order valence-electron chi connectivity index (χ0n) is 11.1. The van der Waals surface area contributed by atoms with Crippen LogP contribution in [-0.4, -0.2) is 28.6 Å². The fraction of sp³-hybridized carbons (Fsp3) is 0.462. The Morgan fingerprint density at radius 3 is 2.68 bits per heavy atom. The minimum Gasteiger partial charge on any atom is -0.481 e.